The third-order valence-electron chi connectivity index (χ3n) is 3.89. The van der Waals surface area contributed by atoms with Gasteiger partial charge in [-0.05, 0) is 59.9 Å². The summed E-state index contributed by atoms with van der Waals surface area (Å²) < 4.78 is 0. The molecule has 96 valence electrons. The summed E-state index contributed by atoms with van der Waals surface area (Å²) in [4.78, 5) is 4.71. The molecule has 1 aliphatic rings. The van der Waals surface area contributed by atoms with Crippen LogP contribution < -0.4 is 5.73 Å². The van der Waals surface area contributed by atoms with Gasteiger partial charge in [0.1, 0.15) is 0 Å². The van der Waals surface area contributed by atoms with Gasteiger partial charge in [0.2, 0.25) is 0 Å². The quantitative estimate of drug-likeness (QED) is 0.680. The molecule has 1 fully saturated rings. The minimum Gasteiger partial charge on any atom is -0.329 e. The third-order valence-corrected chi connectivity index (χ3v) is 3.89. The highest BCUT2D eigenvalue weighted by Gasteiger charge is 2.34. The molecule has 0 aliphatic heterocycles. The molecule has 3 nitrogen and oxygen atoms in total. The van der Waals surface area contributed by atoms with Crippen LogP contribution in [0.1, 0.15) is 32.6 Å². The molecule has 0 saturated heterocycles. The van der Waals surface area contributed by atoms with Gasteiger partial charge in [-0.2, -0.15) is 0 Å². The first-order valence-electron chi connectivity index (χ1n) is 6.54. The fourth-order valence-electron chi connectivity index (χ4n) is 2.23. The molecule has 0 spiro atoms. The standard InChI is InChI=1S/C13H29N3/c1-13(11-14,10-12-6-7-12)16(4)9-5-8-15(2)3/h12H,5-11,14H2,1-4H3. The van der Waals surface area contributed by atoms with Crippen LogP contribution in [0, 0.1) is 5.92 Å². The first kappa shape index (κ1) is 13.9. The van der Waals surface area contributed by atoms with Gasteiger partial charge in [0.15, 0.2) is 0 Å². The number of hydrogen-bond acceptors (Lipinski definition) is 3. The second-order valence-corrected chi connectivity index (χ2v) is 5.93. The summed E-state index contributed by atoms with van der Waals surface area (Å²) in [5.74, 6) is 0.949. The highest BCUT2D eigenvalue weighted by molar-refractivity contribution is 4.91. The van der Waals surface area contributed by atoms with Gasteiger partial charge in [-0.15, -0.1) is 0 Å². The molecule has 1 unspecified atom stereocenters. The van der Waals surface area contributed by atoms with Crippen molar-refractivity contribution in [2.24, 2.45) is 11.7 Å². The van der Waals surface area contributed by atoms with Crippen LogP contribution in [0.15, 0.2) is 0 Å². The number of hydrogen-bond donors (Lipinski definition) is 1. The smallest absolute Gasteiger partial charge is 0.0303 e. The lowest BCUT2D eigenvalue weighted by Gasteiger charge is -2.38. The van der Waals surface area contributed by atoms with Gasteiger partial charge >= 0.3 is 0 Å². The van der Waals surface area contributed by atoms with Crippen molar-refractivity contribution in [1.82, 2.24) is 9.80 Å². The molecule has 0 amide bonds. The Morgan fingerprint density at radius 1 is 1.19 bits per heavy atom. The Bertz CT molecular complexity index is 201. The Balaban J connectivity index is 2.31. The summed E-state index contributed by atoms with van der Waals surface area (Å²) in [5, 5.41) is 0. The van der Waals surface area contributed by atoms with E-state index in [1.54, 1.807) is 0 Å². The van der Waals surface area contributed by atoms with Crippen molar-refractivity contribution in [3.63, 3.8) is 0 Å². The van der Waals surface area contributed by atoms with Crippen LogP contribution >= 0.6 is 0 Å². The van der Waals surface area contributed by atoms with Crippen molar-refractivity contribution in [2.45, 2.75) is 38.1 Å². The first-order valence-corrected chi connectivity index (χ1v) is 6.54. The highest BCUT2D eigenvalue weighted by atomic mass is 15.2. The minimum atomic E-state index is 0.216. The molecule has 1 saturated carbocycles. The minimum absolute atomic E-state index is 0.216. The summed E-state index contributed by atoms with van der Waals surface area (Å²) >= 11 is 0. The molecule has 1 atom stereocenters. The second-order valence-electron chi connectivity index (χ2n) is 5.93. The van der Waals surface area contributed by atoms with E-state index < -0.39 is 0 Å². The Labute approximate surface area is 101 Å². The molecule has 1 rings (SSSR count). The second kappa shape index (κ2) is 5.99. The fraction of sp³-hybridized carbons (Fsp3) is 1.00. The van der Waals surface area contributed by atoms with Crippen molar-refractivity contribution in [3.8, 4) is 0 Å². The van der Waals surface area contributed by atoms with E-state index in [2.05, 4.69) is 37.9 Å². The molecule has 0 aromatic rings. The van der Waals surface area contributed by atoms with Crippen LogP contribution in [0.2, 0.25) is 0 Å². The fourth-order valence-corrected chi connectivity index (χ4v) is 2.23. The van der Waals surface area contributed by atoms with Crippen molar-refractivity contribution in [2.75, 3.05) is 40.8 Å². The van der Waals surface area contributed by atoms with Crippen LogP contribution in [0.3, 0.4) is 0 Å². The van der Waals surface area contributed by atoms with Gasteiger partial charge in [-0.3, -0.25) is 4.90 Å². The Morgan fingerprint density at radius 3 is 2.25 bits per heavy atom. The molecular weight excluding hydrogens is 198 g/mol. The molecule has 0 bridgehead atoms. The number of rotatable bonds is 8. The van der Waals surface area contributed by atoms with Gasteiger partial charge in [0.05, 0.1) is 0 Å². The molecule has 0 aromatic heterocycles. The maximum atomic E-state index is 5.96. The molecule has 3 heteroatoms. The number of nitrogens with zero attached hydrogens (tertiary/aromatic N) is 2. The molecule has 16 heavy (non-hydrogen) atoms. The Kier molecular flexibility index (Phi) is 5.22. The van der Waals surface area contributed by atoms with Crippen molar-refractivity contribution >= 4 is 0 Å². The monoisotopic (exact) mass is 227 g/mol. The predicted molar refractivity (Wildman–Crippen MR) is 70.6 cm³/mol. The highest BCUT2D eigenvalue weighted by Crippen LogP contribution is 2.38. The Morgan fingerprint density at radius 2 is 1.81 bits per heavy atom. The van der Waals surface area contributed by atoms with Gasteiger partial charge < -0.3 is 10.6 Å². The first-order chi connectivity index (χ1) is 7.48. The Hall–Kier alpha value is -0.120. The predicted octanol–water partition coefficient (Wildman–Crippen LogP) is 1.39. The number of likely N-dealkylation sites (N-methyl/N-ethyl adjacent to an activating group) is 1. The SMILES string of the molecule is CN(C)CCCN(C)C(C)(CN)CC1CC1. The van der Waals surface area contributed by atoms with Crippen LogP contribution in [0.4, 0.5) is 0 Å². The summed E-state index contributed by atoms with van der Waals surface area (Å²) in [6.07, 6.45) is 5.34. The van der Waals surface area contributed by atoms with Crippen LogP contribution in [0.25, 0.3) is 0 Å². The molecule has 0 radical (unpaired) electrons. The lowest BCUT2D eigenvalue weighted by molar-refractivity contribution is 0.122. The zero-order valence-corrected chi connectivity index (χ0v) is 11.5. The maximum absolute atomic E-state index is 5.96. The van der Waals surface area contributed by atoms with E-state index in [9.17, 15) is 0 Å². The van der Waals surface area contributed by atoms with E-state index in [0.29, 0.717) is 0 Å². The van der Waals surface area contributed by atoms with Crippen LogP contribution in [0.5, 0.6) is 0 Å². The topological polar surface area (TPSA) is 32.5 Å². The van der Waals surface area contributed by atoms with E-state index in [1.807, 2.05) is 0 Å². The van der Waals surface area contributed by atoms with E-state index in [4.69, 9.17) is 5.73 Å². The summed E-state index contributed by atoms with van der Waals surface area (Å²) in [6, 6.07) is 0. The molecule has 0 aromatic carbocycles. The largest absolute Gasteiger partial charge is 0.329 e. The van der Waals surface area contributed by atoms with Crippen molar-refractivity contribution < 1.29 is 0 Å². The lowest BCUT2D eigenvalue weighted by atomic mass is 9.93. The van der Waals surface area contributed by atoms with E-state index in [0.717, 1.165) is 25.6 Å². The average Bonchev–Trinajstić information content (AvgIpc) is 3.00. The third kappa shape index (κ3) is 4.40. The lowest BCUT2D eigenvalue weighted by Crippen LogP contribution is -2.50. The number of nitrogens with two attached hydrogens (primary N) is 1. The maximum Gasteiger partial charge on any atom is 0.0303 e. The average molecular weight is 227 g/mol. The molecule has 0 heterocycles. The summed E-state index contributed by atoms with van der Waals surface area (Å²) in [5.41, 5.74) is 6.18. The van der Waals surface area contributed by atoms with Gasteiger partial charge in [0, 0.05) is 12.1 Å². The van der Waals surface area contributed by atoms with Crippen LogP contribution in [-0.2, 0) is 0 Å². The molecular formula is C13H29N3. The van der Waals surface area contributed by atoms with E-state index in [-0.39, 0.29) is 5.54 Å². The van der Waals surface area contributed by atoms with E-state index in [1.165, 1.54) is 25.7 Å². The van der Waals surface area contributed by atoms with Gasteiger partial charge in [-0.1, -0.05) is 12.8 Å². The summed E-state index contributed by atoms with van der Waals surface area (Å²) in [7, 11) is 6.49. The molecule has 1 aliphatic carbocycles. The zero-order valence-electron chi connectivity index (χ0n) is 11.5. The summed E-state index contributed by atoms with van der Waals surface area (Å²) in [6.45, 7) is 5.41. The van der Waals surface area contributed by atoms with Gasteiger partial charge in [0.25, 0.3) is 0 Å². The zero-order chi connectivity index (χ0) is 12.2. The normalized spacial score (nSPS) is 20.4. The van der Waals surface area contributed by atoms with E-state index >= 15 is 0 Å². The van der Waals surface area contributed by atoms with Gasteiger partial charge in [-0.25, -0.2) is 0 Å². The van der Waals surface area contributed by atoms with Crippen molar-refractivity contribution in [1.29, 1.82) is 0 Å². The van der Waals surface area contributed by atoms with Crippen molar-refractivity contribution in [3.05, 3.63) is 0 Å². The van der Waals surface area contributed by atoms with Crippen LogP contribution in [-0.4, -0.2) is 56.1 Å². The molecule has 2 N–H and O–H groups in total.